The first-order valence-corrected chi connectivity index (χ1v) is 4.34. The van der Waals surface area contributed by atoms with Crippen LogP contribution < -0.4 is 0 Å². The van der Waals surface area contributed by atoms with E-state index in [-0.39, 0.29) is 11.3 Å². The number of carbonyl (C=O) groups excluding carboxylic acids is 1. The van der Waals surface area contributed by atoms with Gasteiger partial charge in [0.2, 0.25) is 6.08 Å². The SMILES string of the molecule is O=C=Nc1ccccc1C(O)C(O)CO. The van der Waals surface area contributed by atoms with Gasteiger partial charge in [-0.25, -0.2) is 4.79 Å². The molecule has 5 heteroatoms. The third-order valence-electron chi connectivity index (χ3n) is 1.97. The molecule has 0 saturated heterocycles. The lowest BCUT2D eigenvalue weighted by Gasteiger charge is -2.16. The zero-order valence-electron chi connectivity index (χ0n) is 7.87. The molecule has 0 fully saturated rings. The van der Waals surface area contributed by atoms with Gasteiger partial charge in [-0.15, -0.1) is 0 Å². The van der Waals surface area contributed by atoms with E-state index in [1.807, 2.05) is 0 Å². The lowest BCUT2D eigenvalue weighted by Crippen LogP contribution is -2.22. The number of hydrogen-bond donors (Lipinski definition) is 3. The predicted molar refractivity (Wildman–Crippen MR) is 52.3 cm³/mol. The topological polar surface area (TPSA) is 90.1 Å². The highest BCUT2D eigenvalue weighted by Gasteiger charge is 2.19. The Morgan fingerprint density at radius 3 is 2.60 bits per heavy atom. The molecule has 1 aromatic rings. The first kappa shape index (κ1) is 11.6. The number of aliphatic imine (C=N–C) groups is 1. The summed E-state index contributed by atoms with van der Waals surface area (Å²) in [5.41, 5.74) is 0.509. The molecule has 0 heterocycles. The molecule has 0 spiro atoms. The quantitative estimate of drug-likeness (QED) is 0.482. The molecule has 1 aromatic carbocycles. The highest BCUT2D eigenvalue weighted by molar-refractivity contribution is 5.54. The maximum absolute atomic E-state index is 10.1. The molecule has 2 unspecified atom stereocenters. The van der Waals surface area contributed by atoms with Gasteiger partial charge in [0.1, 0.15) is 12.2 Å². The molecule has 3 N–H and O–H groups in total. The zero-order chi connectivity index (χ0) is 11.3. The third-order valence-corrected chi connectivity index (χ3v) is 1.97. The summed E-state index contributed by atoms with van der Waals surface area (Å²) in [7, 11) is 0. The maximum Gasteiger partial charge on any atom is 0.240 e. The molecule has 0 aliphatic heterocycles. The Balaban J connectivity index is 3.07. The average Bonchev–Trinajstić information content (AvgIpc) is 2.28. The van der Waals surface area contributed by atoms with Crippen molar-refractivity contribution in [3.8, 4) is 0 Å². The Morgan fingerprint density at radius 2 is 2.00 bits per heavy atom. The lowest BCUT2D eigenvalue weighted by atomic mass is 10.0. The summed E-state index contributed by atoms with van der Waals surface area (Å²) in [6.07, 6.45) is -1.22. The number of benzene rings is 1. The summed E-state index contributed by atoms with van der Waals surface area (Å²) in [5.74, 6) is 0. The fourth-order valence-corrected chi connectivity index (χ4v) is 1.20. The van der Waals surface area contributed by atoms with Crippen molar-refractivity contribution in [1.29, 1.82) is 0 Å². The number of rotatable bonds is 4. The van der Waals surface area contributed by atoms with E-state index in [9.17, 15) is 15.0 Å². The van der Waals surface area contributed by atoms with Crippen molar-refractivity contribution in [1.82, 2.24) is 0 Å². The molecule has 0 aliphatic rings. The van der Waals surface area contributed by atoms with Gasteiger partial charge in [0.25, 0.3) is 0 Å². The van der Waals surface area contributed by atoms with Crippen LogP contribution in [-0.2, 0) is 4.79 Å². The van der Waals surface area contributed by atoms with Crippen molar-refractivity contribution in [3.63, 3.8) is 0 Å². The molecule has 1 rings (SSSR count). The van der Waals surface area contributed by atoms with Crippen LogP contribution in [0.1, 0.15) is 11.7 Å². The second-order valence-corrected chi connectivity index (χ2v) is 2.96. The van der Waals surface area contributed by atoms with Crippen molar-refractivity contribution in [3.05, 3.63) is 29.8 Å². The van der Waals surface area contributed by atoms with E-state index in [1.165, 1.54) is 18.2 Å². The van der Waals surface area contributed by atoms with Crippen LogP contribution in [0.25, 0.3) is 0 Å². The van der Waals surface area contributed by atoms with Gasteiger partial charge in [-0.2, -0.15) is 4.99 Å². The van der Waals surface area contributed by atoms with E-state index in [0.29, 0.717) is 0 Å². The van der Waals surface area contributed by atoms with Gasteiger partial charge in [0.05, 0.1) is 12.3 Å². The molecule has 15 heavy (non-hydrogen) atoms. The van der Waals surface area contributed by atoms with Crippen LogP contribution in [0, 0.1) is 0 Å². The Morgan fingerprint density at radius 1 is 1.33 bits per heavy atom. The van der Waals surface area contributed by atoms with Gasteiger partial charge in [-0.05, 0) is 6.07 Å². The summed E-state index contributed by atoms with van der Waals surface area (Å²) in [5, 5.41) is 27.5. The van der Waals surface area contributed by atoms with E-state index in [4.69, 9.17) is 5.11 Å². The van der Waals surface area contributed by atoms with Gasteiger partial charge in [0, 0.05) is 5.56 Å². The molecule has 80 valence electrons. The summed E-state index contributed by atoms with van der Waals surface area (Å²) in [4.78, 5) is 13.5. The van der Waals surface area contributed by atoms with Crippen LogP contribution in [0.15, 0.2) is 29.3 Å². The second-order valence-electron chi connectivity index (χ2n) is 2.96. The number of isocyanates is 1. The van der Waals surface area contributed by atoms with Crippen molar-refractivity contribution in [2.45, 2.75) is 12.2 Å². The lowest BCUT2D eigenvalue weighted by molar-refractivity contribution is -0.0149. The Kier molecular flexibility index (Phi) is 4.15. The van der Waals surface area contributed by atoms with Crippen LogP contribution in [0.3, 0.4) is 0 Å². The smallest absolute Gasteiger partial charge is 0.240 e. The molecule has 0 radical (unpaired) electrons. The third kappa shape index (κ3) is 2.71. The first-order chi connectivity index (χ1) is 7.20. The predicted octanol–water partition coefficient (Wildman–Crippen LogP) is 0.0405. The Labute approximate surface area is 86.3 Å². The van der Waals surface area contributed by atoms with E-state index in [2.05, 4.69) is 4.99 Å². The average molecular weight is 209 g/mol. The van der Waals surface area contributed by atoms with E-state index >= 15 is 0 Å². The minimum atomic E-state index is -1.30. The van der Waals surface area contributed by atoms with Crippen molar-refractivity contribution < 1.29 is 20.1 Å². The van der Waals surface area contributed by atoms with E-state index in [1.54, 1.807) is 12.1 Å². The van der Waals surface area contributed by atoms with Gasteiger partial charge in [-0.1, -0.05) is 18.2 Å². The molecule has 2 atom stereocenters. The Hall–Kier alpha value is -1.52. The number of hydrogen-bond acceptors (Lipinski definition) is 5. The van der Waals surface area contributed by atoms with E-state index in [0.717, 1.165) is 0 Å². The highest BCUT2D eigenvalue weighted by Crippen LogP contribution is 2.26. The summed E-state index contributed by atoms with van der Waals surface area (Å²) >= 11 is 0. The molecule has 0 saturated carbocycles. The van der Waals surface area contributed by atoms with Gasteiger partial charge >= 0.3 is 0 Å². The maximum atomic E-state index is 10.1. The number of nitrogens with zero attached hydrogens (tertiary/aromatic N) is 1. The summed E-state index contributed by atoms with van der Waals surface area (Å²) in [6.45, 7) is -0.569. The largest absolute Gasteiger partial charge is 0.394 e. The highest BCUT2D eigenvalue weighted by atomic mass is 16.4. The molecular weight excluding hydrogens is 198 g/mol. The Bertz CT molecular complexity index is 373. The van der Waals surface area contributed by atoms with E-state index < -0.39 is 18.8 Å². The molecule has 5 nitrogen and oxygen atoms in total. The monoisotopic (exact) mass is 209 g/mol. The minimum absolute atomic E-state index is 0.229. The van der Waals surface area contributed by atoms with Crippen LogP contribution in [-0.4, -0.2) is 34.1 Å². The van der Waals surface area contributed by atoms with Gasteiger partial charge in [-0.3, -0.25) is 0 Å². The molecule has 0 bridgehead atoms. The summed E-state index contributed by atoms with van der Waals surface area (Å²) < 4.78 is 0. The number of aliphatic hydroxyl groups excluding tert-OH is 3. The van der Waals surface area contributed by atoms with Crippen molar-refractivity contribution in [2.24, 2.45) is 4.99 Å². The van der Waals surface area contributed by atoms with Gasteiger partial charge < -0.3 is 15.3 Å². The number of aliphatic hydroxyl groups is 3. The second kappa shape index (κ2) is 5.38. The molecule has 0 aliphatic carbocycles. The molecule has 0 amide bonds. The van der Waals surface area contributed by atoms with Crippen LogP contribution in [0.5, 0.6) is 0 Å². The normalized spacial score (nSPS) is 14.1. The fraction of sp³-hybridized carbons (Fsp3) is 0.300. The van der Waals surface area contributed by atoms with Crippen molar-refractivity contribution >= 4 is 11.8 Å². The fourth-order valence-electron chi connectivity index (χ4n) is 1.20. The standard InChI is InChI=1S/C10H11NO4/c12-5-9(14)10(15)7-3-1-2-4-8(7)11-6-13/h1-4,9-10,12,14-15H,5H2. The van der Waals surface area contributed by atoms with Crippen molar-refractivity contribution in [2.75, 3.05) is 6.61 Å². The molecular formula is C10H11NO4. The van der Waals surface area contributed by atoms with Crippen LogP contribution in [0.4, 0.5) is 5.69 Å². The molecule has 0 aromatic heterocycles. The zero-order valence-corrected chi connectivity index (χ0v) is 7.87. The van der Waals surface area contributed by atoms with Gasteiger partial charge in [0.15, 0.2) is 0 Å². The first-order valence-electron chi connectivity index (χ1n) is 4.34. The number of para-hydroxylation sites is 1. The van der Waals surface area contributed by atoms with Crippen LogP contribution >= 0.6 is 0 Å². The minimum Gasteiger partial charge on any atom is -0.394 e. The van der Waals surface area contributed by atoms with Crippen LogP contribution in [0.2, 0.25) is 0 Å². The summed E-state index contributed by atoms with van der Waals surface area (Å²) in [6, 6.07) is 6.29.